The number of methoxy groups -OCH3 is 2. The third kappa shape index (κ3) is 4.73. The van der Waals surface area contributed by atoms with Crippen LogP contribution in [0.15, 0.2) is 17.5 Å². The van der Waals surface area contributed by atoms with Crippen LogP contribution in [0.3, 0.4) is 0 Å². The Kier molecular flexibility index (Phi) is 6.09. The first-order chi connectivity index (χ1) is 5.74. The molecule has 0 spiro atoms. The SMILES string of the molecule is C=C(NC(N=CCC)OC)OC. The zero-order valence-electron chi connectivity index (χ0n) is 7.83. The molecule has 0 radical (unpaired) electrons. The highest BCUT2D eigenvalue weighted by Crippen LogP contribution is 1.92. The summed E-state index contributed by atoms with van der Waals surface area (Å²) in [6.07, 6.45) is 2.24. The second-order valence-corrected chi connectivity index (χ2v) is 2.10. The third-order valence-electron chi connectivity index (χ3n) is 1.18. The molecule has 0 saturated carbocycles. The summed E-state index contributed by atoms with van der Waals surface area (Å²) in [4.78, 5) is 4.05. The summed E-state index contributed by atoms with van der Waals surface area (Å²) in [5, 5.41) is 2.81. The van der Waals surface area contributed by atoms with Crippen LogP contribution in [0.25, 0.3) is 0 Å². The fraction of sp³-hybridized carbons (Fsp3) is 0.625. The molecule has 70 valence electrons. The molecule has 0 saturated heterocycles. The molecule has 0 amide bonds. The maximum atomic E-state index is 4.98. The van der Waals surface area contributed by atoms with Crippen LogP contribution < -0.4 is 5.32 Å². The highest BCUT2D eigenvalue weighted by Gasteiger charge is 2.02. The standard InChI is InChI=1S/C8H16N2O2/c1-5-6-9-8(12-4)10-7(2)11-3/h6,8,10H,2,5H2,1,3-4H3. The Morgan fingerprint density at radius 3 is 2.75 bits per heavy atom. The maximum absolute atomic E-state index is 4.98. The van der Waals surface area contributed by atoms with Gasteiger partial charge in [0.2, 0.25) is 6.35 Å². The highest BCUT2D eigenvalue weighted by atomic mass is 16.5. The Labute approximate surface area is 73.3 Å². The molecule has 0 aliphatic rings. The molecule has 0 aromatic heterocycles. The van der Waals surface area contributed by atoms with E-state index in [1.807, 2.05) is 6.92 Å². The number of nitrogens with one attached hydrogen (secondary N) is 1. The predicted molar refractivity (Wildman–Crippen MR) is 48.9 cm³/mol. The van der Waals surface area contributed by atoms with E-state index in [1.165, 1.54) is 7.11 Å². The van der Waals surface area contributed by atoms with E-state index >= 15 is 0 Å². The molecule has 1 atom stereocenters. The van der Waals surface area contributed by atoms with Gasteiger partial charge in [0.25, 0.3) is 0 Å². The van der Waals surface area contributed by atoms with Gasteiger partial charge in [0.15, 0.2) is 5.88 Å². The van der Waals surface area contributed by atoms with Gasteiger partial charge in [-0.15, -0.1) is 0 Å². The van der Waals surface area contributed by atoms with Gasteiger partial charge in [-0.05, 0) is 13.0 Å². The van der Waals surface area contributed by atoms with Crippen molar-refractivity contribution in [2.75, 3.05) is 14.2 Å². The van der Waals surface area contributed by atoms with Crippen molar-refractivity contribution in [2.45, 2.75) is 19.7 Å². The van der Waals surface area contributed by atoms with Crippen molar-refractivity contribution < 1.29 is 9.47 Å². The molecule has 4 heteroatoms. The van der Waals surface area contributed by atoms with Gasteiger partial charge in [-0.1, -0.05) is 6.92 Å². The van der Waals surface area contributed by atoms with Crippen LogP contribution in [-0.2, 0) is 9.47 Å². The van der Waals surface area contributed by atoms with Crippen molar-refractivity contribution in [2.24, 2.45) is 4.99 Å². The third-order valence-corrected chi connectivity index (χ3v) is 1.18. The monoisotopic (exact) mass is 172 g/mol. The molecule has 0 heterocycles. The first-order valence-electron chi connectivity index (χ1n) is 3.78. The lowest BCUT2D eigenvalue weighted by atomic mass is 10.5. The molecule has 0 fully saturated rings. The molecule has 1 unspecified atom stereocenters. The largest absolute Gasteiger partial charge is 0.483 e. The minimum atomic E-state index is -0.405. The summed E-state index contributed by atoms with van der Waals surface area (Å²) in [6.45, 7) is 5.58. The van der Waals surface area contributed by atoms with Gasteiger partial charge in [-0.2, -0.15) is 0 Å². The van der Waals surface area contributed by atoms with Crippen LogP contribution >= 0.6 is 0 Å². The van der Waals surface area contributed by atoms with Crippen LogP contribution in [0, 0.1) is 0 Å². The van der Waals surface area contributed by atoms with Crippen molar-refractivity contribution in [3.05, 3.63) is 12.5 Å². The van der Waals surface area contributed by atoms with Gasteiger partial charge in [-0.25, -0.2) is 4.99 Å². The minimum Gasteiger partial charge on any atom is -0.483 e. The summed E-state index contributed by atoms with van der Waals surface area (Å²) in [7, 11) is 3.10. The first kappa shape index (κ1) is 11.0. The fourth-order valence-corrected chi connectivity index (χ4v) is 0.555. The molecule has 0 aliphatic carbocycles. The Morgan fingerprint density at radius 1 is 1.67 bits per heavy atom. The average molecular weight is 172 g/mol. The quantitative estimate of drug-likeness (QED) is 0.370. The molecule has 4 nitrogen and oxygen atoms in total. The maximum Gasteiger partial charge on any atom is 0.227 e. The van der Waals surface area contributed by atoms with Crippen molar-refractivity contribution in [3.63, 3.8) is 0 Å². The number of ether oxygens (including phenoxy) is 2. The van der Waals surface area contributed by atoms with E-state index < -0.39 is 6.35 Å². The first-order valence-corrected chi connectivity index (χ1v) is 3.78. The Hall–Kier alpha value is -1.03. The fourth-order valence-electron chi connectivity index (χ4n) is 0.555. The molecular weight excluding hydrogens is 156 g/mol. The zero-order chi connectivity index (χ0) is 9.40. The number of nitrogens with zero attached hydrogens (tertiary/aromatic N) is 1. The average Bonchev–Trinajstić information content (AvgIpc) is 2.11. The summed E-state index contributed by atoms with van der Waals surface area (Å²) in [5.74, 6) is 0.440. The van der Waals surface area contributed by atoms with Crippen LogP contribution in [0.5, 0.6) is 0 Å². The number of aliphatic imine (C=N–C) groups is 1. The molecule has 0 aliphatic heterocycles. The van der Waals surface area contributed by atoms with Crippen molar-refractivity contribution in [1.29, 1.82) is 0 Å². The molecule has 12 heavy (non-hydrogen) atoms. The van der Waals surface area contributed by atoms with Gasteiger partial charge in [0, 0.05) is 13.3 Å². The van der Waals surface area contributed by atoms with E-state index in [9.17, 15) is 0 Å². The van der Waals surface area contributed by atoms with E-state index in [2.05, 4.69) is 16.9 Å². The normalized spacial score (nSPS) is 12.9. The van der Waals surface area contributed by atoms with Crippen molar-refractivity contribution in [3.8, 4) is 0 Å². The number of hydrogen-bond acceptors (Lipinski definition) is 4. The molecule has 0 rings (SSSR count). The second kappa shape index (κ2) is 6.67. The minimum absolute atomic E-state index is 0.405. The summed E-state index contributed by atoms with van der Waals surface area (Å²) >= 11 is 0. The smallest absolute Gasteiger partial charge is 0.227 e. The number of rotatable bonds is 6. The van der Waals surface area contributed by atoms with Gasteiger partial charge < -0.3 is 14.8 Å². The van der Waals surface area contributed by atoms with E-state index in [1.54, 1.807) is 13.3 Å². The summed E-state index contributed by atoms with van der Waals surface area (Å²) < 4.78 is 9.78. The summed E-state index contributed by atoms with van der Waals surface area (Å²) in [6, 6.07) is 0. The molecule has 1 N–H and O–H groups in total. The molecule has 0 aromatic rings. The van der Waals surface area contributed by atoms with E-state index in [4.69, 9.17) is 9.47 Å². The Morgan fingerprint density at radius 2 is 2.33 bits per heavy atom. The van der Waals surface area contributed by atoms with Gasteiger partial charge >= 0.3 is 0 Å². The van der Waals surface area contributed by atoms with Crippen LogP contribution in [0.4, 0.5) is 0 Å². The topological polar surface area (TPSA) is 42.9 Å². The Bertz CT molecular complexity index is 157. The lowest BCUT2D eigenvalue weighted by Crippen LogP contribution is -2.28. The lowest BCUT2D eigenvalue weighted by molar-refractivity contribution is 0.0719. The van der Waals surface area contributed by atoms with E-state index in [-0.39, 0.29) is 0 Å². The predicted octanol–water partition coefficient (Wildman–Crippen LogP) is 1.10. The second-order valence-electron chi connectivity index (χ2n) is 2.10. The Balaban J connectivity index is 3.82. The van der Waals surface area contributed by atoms with Crippen LogP contribution in [0.2, 0.25) is 0 Å². The molecule has 0 aromatic carbocycles. The summed E-state index contributed by atoms with van der Waals surface area (Å²) in [5.41, 5.74) is 0. The lowest BCUT2D eigenvalue weighted by Gasteiger charge is -2.14. The van der Waals surface area contributed by atoms with Gasteiger partial charge in [0.1, 0.15) is 0 Å². The van der Waals surface area contributed by atoms with Gasteiger partial charge in [0.05, 0.1) is 7.11 Å². The zero-order valence-corrected chi connectivity index (χ0v) is 7.83. The van der Waals surface area contributed by atoms with Crippen LogP contribution in [-0.4, -0.2) is 26.8 Å². The molecular formula is C8H16N2O2. The highest BCUT2D eigenvalue weighted by molar-refractivity contribution is 5.56. The molecule has 0 bridgehead atoms. The van der Waals surface area contributed by atoms with Crippen molar-refractivity contribution >= 4 is 6.21 Å². The number of hydrogen-bond donors (Lipinski definition) is 1. The van der Waals surface area contributed by atoms with E-state index in [0.29, 0.717) is 5.88 Å². The van der Waals surface area contributed by atoms with Gasteiger partial charge in [-0.3, -0.25) is 0 Å². The van der Waals surface area contributed by atoms with Crippen LogP contribution in [0.1, 0.15) is 13.3 Å². The van der Waals surface area contributed by atoms with E-state index in [0.717, 1.165) is 6.42 Å². The van der Waals surface area contributed by atoms with Crippen molar-refractivity contribution in [1.82, 2.24) is 5.32 Å².